The number of aliphatic carboxylic acids is 1. The van der Waals surface area contributed by atoms with Crippen molar-refractivity contribution in [2.45, 2.75) is 0 Å². The molecule has 0 unspecified atom stereocenters. The van der Waals surface area contributed by atoms with Gasteiger partial charge in [0.1, 0.15) is 5.01 Å². The van der Waals surface area contributed by atoms with E-state index in [4.69, 9.17) is 14.6 Å². The van der Waals surface area contributed by atoms with Crippen LogP contribution in [0.25, 0.3) is 21.2 Å². The van der Waals surface area contributed by atoms with Crippen molar-refractivity contribution in [2.24, 2.45) is 0 Å². The molecular formula is C19H17NO4S2. The monoisotopic (exact) mass is 387 g/mol. The molecule has 0 atom stereocenters. The number of carbonyl (C=O) groups is 1. The van der Waals surface area contributed by atoms with Crippen molar-refractivity contribution in [3.05, 3.63) is 53.0 Å². The molecule has 0 bridgehead atoms. The van der Waals surface area contributed by atoms with Crippen LogP contribution in [0.1, 0.15) is 10.6 Å². The topological polar surface area (TPSA) is 68.7 Å². The summed E-state index contributed by atoms with van der Waals surface area (Å²) in [7, 11) is 3.16. The molecule has 0 aliphatic carbocycles. The molecule has 5 nitrogen and oxygen atoms in total. The molecule has 1 N–H and O–H groups in total. The fourth-order valence-electron chi connectivity index (χ4n) is 2.45. The summed E-state index contributed by atoms with van der Waals surface area (Å²) in [6, 6.07) is 13.4. The number of para-hydroxylation sites is 2. The number of benzene rings is 2. The van der Waals surface area contributed by atoms with Crippen LogP contribution in [-0.4, -0.2) is 36.0 Å². The van der Waals surface area contributed by atoms with Crippen LogP contribution in [0.2, 0.25) is 0 Å². The highest BCUT2D eigenvalue weighted by molar-refractivity contribution is 8.09. The lowest BCUT2D eigenvalue weighted by Crippen LogP contribution is -1.98. The second kappa shape index (κ2) is 8.25. The maximum atomic E-state index is 11.1. The third-order valence-corrected chi connectivity index (χ3v) is 5.79. The quantitative estimate of drug-likeness (QED) is 0.637. The zero-order chi connectivity index (χ0) is 18.5. The van der Waals surface area contributed by atoms with Gasteiger partial charge in [0.05, 0.1) is 30.2 Å². The van der Waals surface area contributed by atoms with E-state index in [1.54, 1.807) is 14.2 Å². The number of hydrogen-bond acceptors (Lipinski definition) is 6. The average molecular weight is 387 g/mol. The van der Waals surface area contributed by atoms with Crippen molar-refractivity contribution in [1.82, 2.24) is 4.98 Å². The van der Waals surface area contributed by atoms with Crippen molar-refractivity contribution < 1.29 is 19.4 Å². The Hall–Kier alpha value is -2.51. The van der Waals surface area contributed by atoms with Crippen molar-refractivity contribution in [3.63, 3.8) is 0 Å². The zero-order valence-corrected chi connectivity index (χ0v) is 15.9. The number of thioether (sulfide) groups is 1. The van der Waals surface area contributed by atoms with Crippen LogP contribution >= 0.6 is 23.1 Å². The number of hydrogen-bond donors (Lipinski definition) is 1. The Morgan fingerprint density at radius 1 is 1.19 bits per heavy atom. The number of carboxylic acids is 1. The maximum absolute atomic E-state index is 11.1. The molecule has 0 spiro atoms. The summed E-state index contributed by atoms with van der Waals surface area (Å²) in [5.41, 5.74) is 1.70. The number of thiazole rings is 1. The predicted octanol–water partition coefficient (Wildman–Crippen LogP) is 4.63. The Kier molecular flexibility index (Phi) is 5.80. The summed E-state index contributed by atoms with van der Waals surface area (Å²) < 4.78 is 11.9. The molecule has 0 aliphatic heterocycles. The van der Waals surface area contributed by atoms with Gasteiger partial charge in [0.25, 0.3) is 0 Å². The smallest absolute Gasteiger partial charge is 0.313 e. The molecule has 2 aromatic carbocycles. The van der Waals surface area contributed by atoms with Crippen LogP contribution in [-0.2, 0) is 4.79 Å². The molecule has 0 fully saturated rings. The summed E-state index contributed by atoms with van der Waals surface area (Å²) in [6.45, 7) is 0. The fraction of sp³-hybridized carbons (Fsp3) is 0.158. The lowest BCUT2D eigenvalue weighted by Gasteiger charge is -2.11. The zero-order valence-electron chi connectivity index (χ0n) is 14.3. The highest BCUT2D eigenvalue weighted by atomic mass is 32.2. The molecule has 1 aromatic heterocycles. The standard InChI is InChI=1S/C19H17NO4S2/c1-23-14-8-5-6-12(18(14)24-2)10-16(25-11-17(21)22)19-20-13-7-3-4-9-15(13)26-19/h3-10H,11H2,1-2H3,(H,21,22)/b16-10-. The van der Waals surface area contributed by atoms with Gasteiger partial charge in [0.2, 0.25) is 0 Å². The van der Waals surface area contributed by atoms with Gasteiger partial charge in [0, 0.05) is 10.5 Å². The summed E-state index contributed by atoms with van der Waals surface area (Å²) in [6.07, 6.45) is 1.90. The van der Waals surface area contributed by atoms with Crippen molar-refractivity contribution in [1.29, 1.82) is 0 Å². The molecule has 7 heteroatoms. The van der Waals surface area contributed by atoms with Gasteiger partial charge >= 0.3 is 5.97 Å². The van der Waals surface area contributed by atoms with E-state index in [2.05, 4.69) is 4.98 Å². The minimum atomic E-state index is -0.875. The fourth-order valence-corrected chi connectivity index (χ4v) is 4.29. The first-order valence-corrected chi connectivity index (χ1v) is 9.56. The summed E-state index contributed by atoms with van der Waals surface area (Å²) in [4.78, 5) is 16.5. The molecule has 0 saturated heterocycles. The minimum Gasteiger partial charge on any atom is -0.493 e. The van der Waals surface area contributed by atoms with E-state index in [1.807, 2.05) is 48.5 Å². The van der Waals surface area contributed by atoms with Gasteiger partial charge in [-0.05, 0) is 24.3 Å². The van der Waals surface area contributed by atoms with Gasteiger partial charge in [-0.1, -0.05) is 24.3 Å². The molecule has 0 radical (unpaired) electrons. The highest BCUT2D eigenvalue weighted by Crippen LogP contribution is 2.38. The Labute approximate surface area is 159 Å². The second-order valence-corrected chi connectivity index (χ2v) is 7.31. The van der Waals surface area contributed by atoms with Crippen molar-refractivity contribution in [2.75, 3.05) is 20.0 Å². The Balaban J connectivity index is 2.09. The summed E-state index contributed by atoms with van der Waals surface area (Å²) in [5.74, 6) is 0.297. The molecule has 0 amide bonds. The Morgan fingerprint density at radius 3 is 2.69 bits per heavy atom. The van der Waals surface area contributed by atoms with Crippen LogP contribution in [0.4, 0.5) is 0 Å². The highest BCUT2D eigenvalue weighted by Gasteiger charge is 2.14. The van der Waals surface area contributed by atoms with E-state index in [1.165, 1.54) is 23.1 Å². The number of methoxy groups -OCH3 is 2. The number of carboxylic acid groups (broad SMARTS) is 1. The van der Waals surface area contributed by atoms with Gasteiger partial charge in [-0.2, -0.15) is 0 Å². The van der Waals surface area contributed by atoms with E-state index in [0.717, 1.165) is 25.7 Å². The van der Waals surface area contributed by atoms with Gasteiger partial charge in [-0.3, -0.25) is 4.79 Å². The van der Waals surface area contributed by atoms with Gasteiger partial charge < -0.3 is 14.6 Å². The summed E-state index contributed by atoms with van der Waals surface area (Å²) in [5, 5.41) is 9.87. The number of aromatic nitrogens is 1. The first-order chi connectivity index (χ1) is 12.6. The second-order valence-electron chi connectivity index (χ2n) is 5.26. The van der Waals surface area contributed by atoms with E-state index in [-0.39, 0.29) is 5.75 Å². The molecule has 1 heterocycles. The summed E-state index contributed by atoms with van der Waals surface area (Å²) >= 11 is 2.77. The number of ether oxygens (including phenoxy) is 2. The molecule has 3 rings (SSSR count). The third-order valence-electron chi connectivity index (χ3n) is 3.58. The largest absolute Gasteiger partial charge is 0.493 e. The number of fused-ring (bicyclic) bond motifs is 1. The van der Waals surface area contributed by atoms with Crippen LogP contribution in [0.5, 0.6) is 11.5 Å². The number of rotatable bonds is 7. The Morgan fingerprint density at radius 2 is 2.00 bits per heavy atom. The van der Waals surface area contributed by atoms with Gasteiger partial charge in [-0.25, -0.2) is 4.98 Å². The molecule has 134 valence electrons. The van der Waals surface area contributed by atoms with E-state index in [9.17, 15) is 4.79 Å². The first-order valence-electron chi connectivity index (χ1n) is 7.75. The van der Waals surface area contributed by atoms with Gasteiger partial charge in [-0.15, -0.1) is 23.1 Å². The van der Waals surface area contributed by atoms with E-state index in [0.29, 0.717) is 11.5 Å². The average Bonchev–Trinajstić information content (AvgIpc) is 3.08. The van der Waals surface area contributed by atoms with E-state index < -0.39 is 5.97 Å². The molecular weight excluding hydrogens is 370 g/mol. The van der Waals surface area contributed by atoms with Gasteiger partial charge in [0.15, 0.2) is 11.5 Å². The molecule has 26 heavy (non-hydrogen) atoms. The predicted molar refractivity (Wildman–Crippen MR) is 107 cm³/mol. The third kappa shape index (κ3) is 4.00. The Bertz CT molecular complexity index is 932. The first kappa shape index (κ1) is 18.3. The van der Waals surface area contributed by atoms with Crippen molar-refractivity contribution >= 4 is 50.3 Å². The molecule has 0 aliphatic rings. The molecule has 3 aromatic rings. The van der Waals surface area contributed by atoms with Crippen molar-refractivity contribution in [3.8, 4) is 11.5 Å². The SMILES string of the molecule is COc1cccc(/C=C(\SCC(=O)O)c2nc3ccccc3s2)c1OC. The van der Waals surface area contributed by atoms with Crippen LogP contribution in [0.15, 0.2) is 42.5 Å². The molecule has 0 saturated carbocycles. The van der Waals surface area contributed by atoms with E-state index >= 15 is 0 Å². The van der Waals surface area contributed by atoms with Crippen LogP contribution < -0.4 is 9.47 Å². The minimum absolute atomic E-state index is 0.0476. The lowest BCUT2D eigenvalue weighted by atomic mass is 10.1. The lowest BCUT2D eigenvalue weighted by molar-refractivity contribution is -0.133. The normalized spacial score (nSPS) is 11.5. The number of nitrogens with zero attached hydrogens (tertiary/aromatic N) is 1. The maximum Gasteiger partial charge on any atom is 0.313 e. The van der Waals surface area contributed by atoms with Crippen LogP contribution in [0.3, 0.4) is 0 Å². The van der Waals surface area contributed by atoms with Crippen LogP contribution in [0, 0.1) is 0 Å².